The highest BCUT2D eigenvalue weighted by atomic mass is 32.1. The molecule has 0 fully saturated rings. The molecule has 1 aromatic rings. The van der Waals surface area contributed by atoms with Crippen LogP contribution in [0, 0.1) is 0 Å². The van der Waals surface area contributed by atoms with E-state index in [2.05, 4.69) is 10.6 Å². The van der Waals surface area contributed by atoms with E-state index >= 15 is 0 Å². The molecular weight excluding hydrogens is 224 g/mol. The largest absolute Gasteiger partial charge is 0.355 e. The van der Waals surface area contributed by atoms with E-state index in [1.807, 2.05) is 16.8 Å². The van der Waals surface area contributed by atoms with E-state index in [4.69, 9.17) is 0 Å². The fraction of sp³-hybridized carbons (Fsp3) is 0.273. The van der Waals surface area contributed by atoms with E-state index in [1.165, 1.54) is 13.0 Å². The van der Waals surface area contributed by atoms with E-state index in [9.17, 15) is 9.59 Å². The van der Waals surface area contributed by atoms with Gasteiger partial charge in [-0.25, -0.2) is 0 Å². The van der Waals surface area contributed by atoms with Crippen molar-refractivity contribution in [3.8, 4) is 0 Å². The Morgan fingerprint density at radius 2 is 2.12 bits per heavy atom. The van der Waals surface area contributed by atoms with Gasteiger partial charge < -0.3 is 10.6 Å². The lowest BCUT2D eigenvalue weighted by atomic mass is 10.3. The summed E-state index contributed by atoms with van der Waals surface area (Å²) in [4.78, 5) is 21.8. The Morgan fingerprint density at radius 1 is 1.38 bits per heavy atom. The Hall–Kier alpha value is -1.62. The average Bonchev–Trinajstić information content (AvgIpc) is 2.74. The Bertz CT molecular complexity index is 371. The van der Waals surface area contributed by atoms with Gasteiger partial charge in [-0.15, -0.1) is 0 Å². The smallest absolute Gasteiger partial charge is 0.244 e. The van der Waals surface area contributed by atoms with Crippen molar-refractivity contribution in [2.45, 2.75) is 6.92 Å². The summed E-state index contributed by atoms with van der Waals surface area (Å²) in [6.07, 6.45) is 3.24. The van der Waals surface area contributed by atoms with Crippen molar-refractivity contribution in [3.63, 3.8) is 0 Å². The summed E-state index contributed by atoms with van der Waals surface area (Å²) in [6, 6.07) is 1.94. The lowest BCUT2D eigenvalue weighted by molar-refractivity contribution is -0.119. The first kappa shape index (κ1) is 12.4. The first-order valence-electron chi connectivity index (χ1n) is 4.91. The predicted molar refractivity (Wildman–Crippen MR) is 65.0 cm³/mol. The molecule has 86 valence electrons. The van der Waals surface area contributed by atoms with Crippen molar-refractivity contribution >= 4 is 29.2 Å². The van der Waals surface area contributed by atoms with Gasteiger partial charge in [-0.05, 0) is 28.5 Å². The van der Waals surface area contributed by atoms with E-state index in [0.717, 1.165) is 5.56 Å². The molecule has 0 radical (unpaired) electrons. The molecule has 0 aromatic carbocycles. The van der Waals surface area contributed by atoms with Crippen molar-refractivity contribution in [2.24, 2.45) is 0 Å². The molecule has 1 heterocycles. The van der Waals surface area contributed by atoms with Crippen LogP contribution in [0.3, 0.4) is 0 Å². The Morgan fingerprint density at radius 3 is 2.75 bits per heavy atom. The van der Waals surface area contributed by atoms with Crippen molar-refractivity contribution in [1.29, 1.82) is 0 Å². The fourth-order valence-corrected chi connectivity index (χ4v) is 1.65. The zero-order valence-electron chi connectivity index (χ0n) is 9.03. The van der Waals surface area contributed by atoms with Gasteiger partial charge in [-0.3, -0.25) is 9.59 Å². The highest BCUT2D eigenvalue weighted by molar-refractivity contribution is 7.08. The third-order valence-corrected chi connectivity index (χ3v) is 2.47. The predicted octanol–water partition coefficient (Wildman–Crippen LogP) is 1.01. The average molecular weight is 238 g/mol. The van der Waals surface area contributed by atoms with Crippen LogP contribution in [0.1, 0.15) is 12.5 Å². The van der Waals surface area contributed by atoms with Gasteiger partial charge in [0.05, 0.1) is 0 Å². The van der Waals surface area contributed by atoms with Crippen LogP contribution in [-0.4, -0.2) is 24.9 Å². The van der Waals surface area contributed by atoms with E-state index in [-0.39, 0.29) is 11.8 Å². The third-order valence-electron chi connectivity index (χ3n) is 1.77. The summed E-state index contributed by atoms with van der Waals surface area (Å²) in [5.41, 5.74) is 1.02. The topological polar surface area (TPSA) is 58.2 Å². The summed E-state index contributed by atoms with van der Waals surface area (Å²) in [6.45, 7) is 2.33. The molecule has 1 aromatic heterocycles. The maximum absolute atomic E-state index is 11.3. The number of amides is 2. The van der Waals surface area contributed by atoms with Crippen molar-refractivity contribution in [3.05, 3.63) is 28.5 Å². The van der Waals surface area contributed by atoms with Crippen molar-refractivity contribution in [2.75, 3.05) is 13.1 Å². The normalized spacial score (nSPS) is 10.3. The maximum Gasteiger partial charge on any atom is 0.244 e. The minimum Gasteiger partial charge on any atom is -0.355 e. The van der Waals surface area contributed by atoms with Gasteiger partial charge in [0, 0.05) is 26.1 Å². The summed E-state index contributed by atoms with van der Waals surface area (Å²) < 4.78 is 0. The molecule has 2 N–H and O–H groups in total. The monoisotopic (exact) mass is 238 g/mol. The van der Waals surface area contributed by atoms with Gasteiger partial charge in [0.2, 0.25) is 11.8 Å². The molecule has 0 aliphatic heterocycles. The van der Waals surface area contributed by atoms with Crippen LogP contribution >= 0.6 is 11.3 Å². The number of hydrogen-bond donors (Lipinski definition) is 2. The van der Waals surface area contributed by atoms with E-state index in [1.54, 1.807) is 17.4 Å². The molecule has 0 aliphatic carbocycles. The van der Waals surface area contributed by atoms with Crippen LogP contribution in [-0.2, 0) is 9.59 Å². The molecule has 0 aliphatic rings. The number of thiophene rings is 1. The fourth-order valence-electron chi connectivity index (χ4n) is 1.02. The van der Waals surface area contributed by atoms with Crippen LogP contribution in [0.15, 0.2) is 22.9 Å². The standard InChI is InChI=1S/C11H14N2O2S/c1-9(14)12-5-6-13-11(15)3-2-10-4-7-16-8-10/h2-4,7-8H,5-6H2,1H3,(H,12,14)(H,13,15)/b3-2+. The molecule has 5 heteroatoms. The third kappa shape index (κ3) is 5.31. The molecule has 0 spiro atoms. The molecule has 0 atom stereocenters. The SMILES string of the molecule is CC(=O)NCCNC(=O)/C=C/c1ccsc1. The highest BCUT2D eigenvalue weighted by Gasteiger charge is 1.95. The lowest BCUT2D eigenvalue weighted by Gasteiger charge is -2.02. The van der Waals surface area contributed by atoms with Crippen LogP contribution in [0.25, 0.3) is 6.08 Å². The van der Waals surface area contributed by atoms with Gasteiger partial charge in [0.25, 0.3) is 0 Å². The molecule has 0 saturated heterocycles. The summed E-state index contributed by atoms with van der Waals surface area (Å²) in [5, 5.41) is 9.17. The first-order chi connectivity index (χ1) is 7.68. The molecular formula is C11H14N2O2S. The molecule has 0 unspecified atom stereocenters. The number of rotatable bonds is 5. The Labute approximate surface area is 98.4 Å². The van der Waals surface area contributed by atoms with Crippen LogP contribution in [0.5, 0.6) is 0 Å². The molecule has 0 bridgehead atoms. The van der Waals surface area contributed by atoms with Crippen LogP contribution in [0.2, 0.25) is 0 Å². The number of nitrogens with one attached hydrogen (secondary N) is 2. The van der Waals surface area contributed by atoms with Gasteiger partial charge in [0.1, 0.15) is 0 Å². The van der Waals surface area contributed by atoms with Crippen molar-refractivity contribution < 1.29 is 9.59 Å². The maximum atomic E-state index is 11.3. The van der Waals surface area contributed by atoms with Crippen LogP contribution < -0.4 is 10.6 Å². The molecule has 0 saturated carbocycles. The minimum absolute atomic E-state index is 0.0944. The second-order valence-electron chi connectivity index (χ2n) is 3.16. The number of carbonyl (C=O) groups is 2. The Balaban J connectivity index is 2.18. The van der Waals surface area contributed by atoms with Gasteiger partial charge >= 0.3 is 0 Å². The van der Waals surface area contributed by atoms with Crippen LogP contribution in [0.4, 0.5) is 0 Å². The first-order valence-corrected chi connectivity index (χ1v) is 5.85. The van der Waals surface area contributed by atoms with E-state index < -0.39 is 0 Å². The second-order valence-corrected chi connectivity index (χ2v) is 3.94. The minimum atomic E-state index is -0.156. The Kier molecular flexibility index (Phi) is 5.28. The zero-order chi connectivity index (χ0) is 11.8. The van der Waals surface area contributed by atoms with Gasteiger partial charge in [-0.1, -0.05) is 0 Å². The van der Waals surface area contributed by atoms with Gasteiger partial charge in [0.15, 0.2) is 0 Å². The molecule has 4 nitrogen and oxygen atoms in total. The van der Waals surface area contributed by atoms with Gasteiger partial charge in [-0.2, -0.15) is 11.3 Å². The molecule has 16 heavy (non-hydrogen) atoms. The summed E-state index contributed by atoms with van der Waals surface area (Å²) >= 11 is 1.59. The number of hydrogen-bond acceptors (Lipinski definition) is 3. The molecule has 1 rings (SSSR count). The number of carbonyl (C=O) groups excluding carboxylic acids is 2. The molecule has 2 amide bonds. The van der Waals surface area contributed by atoms with E-state index in [0.29, 0.717) is 13.1 Å². The lowest BCUT2D eigenvalue weighted by Crippen LogP contribution is -2.32. The summed E-state index contributed by atoms with van der Waals surface area (Å²) in [7, 11) is 0. The second kappa shape index (κ2) is 6.79. The zero-order valence-corrected chi connectivity index (χ0v) is 9.84. The summed E-state index contributed by atoms with van der Waals surface area (Å²) in [5.74, 6) is -0.250. The highest BCUT2D eigenvalue weighted by Crippen LogP contribution is 2.07. The van der Waals surface area contributed by atoms with Crippen molar-refractivity contribution in [1.82, 2.24) is 10.6 Å². The quantitative estimate of drug-likeness (QED) is 0.594.